The number of benzene rings is 1. The molecule has 0 radical (unpaired) electrons. The summed E-state index contributed by atoms with van der Waals surface area (Å²) in [5.41, 5.74) is 1.41. The number of carbonyl (C=O) groups is 1. The van der Waals surface area contributed by atoms with E-state index in [1.807, 2.05) is 29.2 Å². The standard InChI is InChI=1S/C18H23N5O2/c1-22-9-11-23(12-10-22)18(24)15-7-8-17(21-20-15)19-13-14-5-3-4-6-16(14)25-2/h3-8H,9-13H2,1-2H3,(H,19,21). The number of piperazine rings is 1. The van der Waals surface area contributed by atoms with Gasteiger partial charge in [-0.15, -0.1) is 10.2 Å². The number of hydrogen-bond donors (Lipinski definition) is 1. The van der Waals surface area contributed by atoms with E-state index in [0.717, 1.165) is 37.5 Å². The summed E-state index contributed by atoms with van der Waals surface area (Å²) in [5.74, 6) is 1.39. The molecule has 2 heterocycles. The topological polar surface area (TPSA) is 70.6 Å². The van der Waals surface area contributed by atoms with Gasteiger partial charge in [-0.05, 0) is 25.2 Å². The summed E-state index contributed by atoms with van der Waals surface area (Å²) in [7, 11) is 3.71. The van der Waals surface area contributed by atoms with Gasteiger partial charge in [0.25, 0.3) is 5.91 Å². The molecule has 0 saturated carbocycles. The molecule has 1 aromatic heterocycles. The Morgan fingerprint density at radius 3 is 2.56 bits per heavy atom. The van der Waals surface area contributed by atoms with Crippen LogP contribution in [0.25, 0.3) is 0 Å². The average molecular weight is 341 g/mol. The number of aromatic nitrogens is 2. The van der Waals surface area contributed by atoms with Crippen LogP contribution < -0.4 is 10.1 Å². The van der Waals surface area contributed by atoms with Gasteiger partial charge < -0.3 is 19.9 Å². The first-order chi connectivity index (χ1) is 12.2. The minimum absolute atomic E-state index is 0.0584. The SMILES string of the molecule is COc1ccccc1CNc1ccc(C(=O)N2CCN(C)CC2)nn1. The van der Waals surface area contributed by atoms with Crippen molar-refractivity contribution in [3.63, 3.8) is 0 Å². The van der Waals surface area contributed by atoms with Crippen LogP contribution in [-0.2, 0) is 6.54 Å². The van der Waals surface area contributed by atoms with Crippen molar-refractivity contribution < 1.29 is 9.53 Å². The molecule has 1 aliphatic heterocycles. The molecule has 7 nitrogen and oxygen atoms in total. The smallest absolute Gasteiger partial charge is 0.274 e. The van der Waals surface area contributed by atoms with Gasteiger partial charge in [-0.2, -0.15) is 0 Å². The largest absolute Gasteiger partial charge is 0.496 e. The Morgan fingerprint density at radius 1 is 1.12 bits per heavy atom. The number of rotatable bonds is 5. The highest BCUT2D eigenvalue weighted by atomic mass is 16.5. The summed E-state index contributed by atoms with van der Waals surface area (Å²) in [4.78, 5) is 16.5. The second kappa shape index (κ2) is 7.94. The molecule has 0 bridgehead atoms. The molecular formula is C18H23N5O2. The number of amides is 1. The number of para-hydroxylation sites is 1. The molecule has 1 fully saturated rings. The Labute approximate surface area is 147 Å². The number of hydrogen-bond acceptors (Lipinski definition) is 6. The number of nitrogens with one attached hydrogen (secondary N) is 1. The summed E-state index contributed by atoms with van der Waals surface area (Å²) in [6.07, 6.45) is 0. The van der Waals surface area contributed by atoms with E-state index in [1.54, 1.807) is 19.2 Å². The van der Waals surface area contributed by atoms with E-state index in [4.69, 9.17) is 4.74 Å². The molecule has 7 heteroatoms. The van der Waals surface area contributed by atoms with E-state index in [9.17, 15) is 4.79 Å². The lowest BCUT2D eigenvalue weighted by atomic mass is 10.2. The van der Waals surface area contributed by atoms with Gasteiger partial charge in [0.2, 0.25) is 0 Å². The lowest BCUT2D eigenvalue weighted by Crippen LogP contribution is -2.47. The summed E-state index contributed by atoms with van der Waals surface area (Å²) in [5, 5.41) is 11.4. The molecule has 25 heavy (non-hydrogen) atoms. The van der Waals surface area contributed by atoms with Crippen LogP contribution >= 0.6 is 0 Å². The zero-order valence-corrected chi connectivity index (χ0v) is 14.6. The van der Waals surface area contributed by atoms with E-state index < -0.39 is 0 Å². The number of anilines is 1. The van der Waals surface area contributed by atoms with Crippen molar-refractivity contribution in [1.29, 1.82) is 0 Å². The predicted molar refractivity (Wildman–Crippen MR) is 95.8 cm³/mol. The minimum atomic E-state index is -0.0584. The van der Waals surface area contributed by atoms with E-state index in [0.29, 0.717) is 18.1 Å². The van der Waals surface area contributed by atoms with Gasteiger partial charge in [0.15, 0.2) is 5.69 Å². The van der Waals surface area contributed by atoms with Gasteiger partial charge in [0.1, 0.15) is 11.6 Å². The summed E-state index contributed by atoms with van der Waals surface area (Å²) in [6, 6.07) is 11.3. The van der Waals surface area contributed by atoms with Crippen molar-refractivity contribution in [1.82, 2.24) is 20.0 Å². The zero-order valence-electron chi connectivity index (χ0n) is 14.6. The van der Waals surface area contributed by atoms with Crippen LogP contribution in [0.3, 0.4) is 0 Å². The molecule has 0 atom stereocenters. The molecule has 1 saturated heterocycles. The van der Waals surface area contributed by atoms with E-state index >= 15 is 0 Å². The Morgan fingerprint density at radius 2 is 1.88 bits per heavy atom. The minimum Gasteiger partial charge on any atom is -0.496 e. The fourth-order valence-electron chi connectivity index (χ4n) is 2.75. The molecule has 0 unspecified atom stereocenters. The highest BCUT2D eigenvalue weighted by Gasteiger charge is 2.21. The maximum atomic E-state index is 12.4. The van der Waals surface area contributed by atoms with Crippen molar-refractivity contribution in [2.24, 2.45) is 0 Å². The lowest BCUT2D eigenvalue weighted by molar-refractivity contribution is 0.0657. The first-order valence-electron chi connectivity index (χ1n) is 8.34. The molecule has 2 aromatic rings. The lowest BCUT2D eigenvalue weighted by Gasteiger charge is -2.32. The van der Waals surface area contributed by atoms with Crippen molar-refractivity contribution in [3.8, 4) is 5.75 Å². The van der Waals surface area contributed by atoms with Crippen molar-refractivity contribution in [3.05, 3.63) is 47.7 Å². The van der Waals surface area contributed by atoms with Gasteiger partial charge in [-0.25, -0.2) is 0 Å². The molecule has 132 valence electrons. The fourth-order valence-corrected chi connectivity index (χ4v) is 2.75. The van der Waals surface area contributed by atoms with Crippen LogP contribution in [0.2, 0.25) is 0 Å². The first-order valence-corrected chi connectivity index (χ1v) is 8.34. The van der Waals surface area contributed by atoms with E-state index in [2.05, 4.69) is 27.5 Å². The van der Waals surface area contributed by atoms with Crippen molar-refractivity contribution in [2.45, 2.75) is 6.54 Å². The monoisotopic (exact) mass is 341 g/mol. The number of carbonyl (C=O) groups excluding carboxylic acids is 1. The summed E-state index contributed by atoms with van der Waals surface area (Å²) >= 11 is 0. The molecule has 0 aliphatic carbocycles. The maximum Gasteiger partial charge on any atom is 0.274 e. The quantitative estimate of drug-likeness (QED) is 0.888. The average Bonchev–Trinajstić information content (AvgIpc) is 2.67. The first kappa shape index (κ1) is 17.2. The Bertz CT molecular complexity index is 712. The number of nitrogens with zero attached hydrogens (tertiary/aromatic N) is 4. The molecule has 1 aromatic carbocycles. The number of ether oxygens (including phenoxy) is 1. The van der Waals surface area contributed by atoms with Crippen LogP contribution in [0, 0.1) is 0 Å². The van der Waals surface area contributed by atoms with Crippen LogP contribution in [0.4, 0.5) is 5.82 Å². The van der Waals surface area contributed by atoms with Crippen molar-refractivity contribution in [2.75, 3.05) is 45.7 Å². The fraction of sp³-hybridized carbons (Fsp3) is 0.389. The van der Waals surface area contributed by atoms with Crippen LogP contribution in [0.1, 0.15) is 16.1 Å². The van der Waals surface area contributed by atoms with Gasteiger partial charge in [0, 0.05) is 38.3 Å². The Balaban J connectivity index is 1.59. The van der Waals surface area contributed by atoms with E-state index in [-0.39, 0.29) is 5.91 Å². The second-order valence-electron chi connectivity index (χ2n) is 6.06. The predicted octanol–water partition coefficient (Wildman–Crippen LogP) is 1.48. The Kier molecular flexibility index (Phi) is 5.45. The van der Waals surface area contributed by atoms with Gasteiger partial charge >= 0.3 is 0 Å². The normalized spacial score (nSPS) is 15.0. The van der Waals surface area contributed by atoms with Crippen LogP contribution in [0.15, 0.2) is 36.4 Å². The van der Waals surface area contributed by atoms with Gasteiger partial charge in [0.05, 0.1) is 7.11 Å². The molecule has 0 spiro atoms. The number of methoxy groups -OCH3 is 1. The highest BCUT2D eigenvalue weighted by Crippen LogP contribution is 2.18. The van der Waals surface area contributed by atoms with Crippen molar-refractivity contribution >= 4 is 11.7 Å². The van der Waals surface area contributed by atoms with Crippen LogP contribution in [-0.4, -0.2) is 66.2 Å². The third-order valence-corrected chi connectivity index (χ3v) is 4.33. The summed E-state index contributed by atoms with van der Waals surface area (Å²) in [6.45, 7) is 3.80. The third kappa shape index (κ3) is 4.24. The molecule has 1 aliphatic rings. The molecule has 3 rings (SSSR count). The highest BCUT2D eigenvalue weighted by molar-refractivity contribution is 5.92. The van der Waals surface area contributed by atoms with Crippen LogP contribution in [0.5, 0.6) is 5.75 Å². The molecule has 1 amide bonds. The van der Waals surface area contributed by atoms with E-state index in [1.165, 1.54) is 0 Å². The summed E-state index contributed by atoms with van der Waals surface area (Å²) < 4.78 is 5.33. The molecule has 1 N–H and O–H groups in total. The van der Waals surface area contributed by atoms with Gasteiger partial charge in [-0.1, -0.05) is 18.2 Å². The number of likely N-dealkylation sites (N-methyl/N-ethyl adjacent to an activating group) is 1. The van der Waals surface area contributed by atoms with Gasteiger partial charge in [-0.3, -0.25) is 4.79 Å². The maximum absolute atomic E-state index is 12.4. The zero-order chi connectivity index (χ0) is 17.6. The molecular weight excluding hydrogens is 318 g/mol. The Hall–Kier alpha value is -2.67. The third-order valence-electron chi connectivity index (χ3n) is 4.33. The second-order valence-corrected chi connectivity index (χ2v) is 6.06.